The van der Waals surface area contributed by atoms with E-state index in [1.165, 1.54) is 0 Å². The summed E-state index contributed by atoms with van der Waals surface area (Å²) in [5, 5.41) is 0.746. The number of hydrogen-bond donors (Lipinski definition) is 0. The normalized spacial score (nSPS) is 12.5. The van der Waals surface area contributed by atoms with Crippen LogP contribution in [0.15, 0.2) is 18.2 Å². The highest BCUT2D eigenvalue weighted by Crippen LogP contribution is 2.26. The first kappa shape index (κ1) is 12.7. The molecule has 1 aromatic rings. The molecule has 1 aromatic carbocycles. The Hall–Kier alpha value is -0.400. The second kappa shape index (κ2) is 6.24. The number of methoxy groups -OCH3 is 1. The predicted molar refractivity (Wildman–Crippen MR) is 66.2 cm³/mol. The molecule has 0 amide bonds. The van der Waals surface area contributed by atoms with E-state index < -0.39 is 0 Å². The van der Waals surface area contributed by atoms with Gasteiger partial charge in [-0.05, 0) is 36.1 Å². The standard InChI is InChI=1S/C12H16Cl2O/c1-3-9(8-13)6-10-7-11(14)4-5-12(10)15-2/h4-5,7,9H,3,6,8H2,1-2H3. The Balaban J connectivity index is 2.86. The van der Waals surface area contributed by atoms with Gasteiger partial charge in [0.2, 0.25) is 0 Å². The lowest BCUT2D eigenvalue weighted by atomic mass is 9.98. The molecule has 1 rings (SSSR count). The fraction of sp³-hybridized carbons (Fsp3) is 0.500. The maximum atomic E-state index is 5.96. The molecule has 0 saturated carbocycles. The van der Waals surface area contributed by atoms with Crippen molar-refractivity contribution in [2.24, 2.45) is 5.92 Å². The third-order valence-electron chi connectivity index (χ3n) is 2.55. The van der Waals surface area contributed by atoms with Gasteiger partial charge >= 0.3 is 0 Å². The van der Waals surface area contributed by atoms with Crippen LogP contribution in [0.5, 0.6) is 5.75 Å². The fourth-order valence-corrected chi connectivity index (χ4v) is 2.05. The van der Waals surface area contributed by atoms with Gasteiger partial charge in [-0.2, -0.15) is 0 Å². The number of ether oxygens (including phenoxy) is 1. The van der Waals surface area contributed by atoms with Gasteiger partial charge in [-0.25, -0.2) is 0 Å². The summed E-state index contributed by atoms with van der Waals surface area (Å²) in [5.41, 5.74) is 1.14. The largest absolute Gasteiger partial charge is 0.496 e. The lowest BCUT2D eigenvalue weighted by Gasteiger charge is -2.14. The van der Waals surface area contributed by atoms with Crippen molar-refractivity contribution >= 4 is 23.2 Å². The van der Waals surface area contributed by atoms with Crippen molar-refractivity contribution in [2.75, 3.05) is 13.0 Å². The molecular formula is C12H16Cl2O. The van der Waals surface area contributed by atoms with Crippen molar-refractivity contribution in [3.8, 4) is 5.75 Å². The number of alkyl halides is 1. The molecule has 0 bridgehead atoms. The Morgan fingerprint density at radius 3 is 2.67 bits per heavy atom. The molecule has 0 spiro atoms. The van der Waals surface area contributed by atoms with Gasteiger partial charge in [-0.1, -0.05) is 24.9 Å². The van der Waals surface area contributed by atoms with Crippen molar-refractivity contribution in [3.05, 3.63) is 28.8 Å². The maximum Gasteiger partial charge on any atom is 0.122 e. The van der Waals surface area contributed by atoms with Gasteiger partial charge in [-0.15, -0.1) is 11.6 Å². The predicted octanol–water partition coefficient (Wildman–Crippen LogP) is 4.16. The quantitative estimate of drug-likeness (QED) is 0.710. The van der Waals surface area contributed by atoms with Crippen LogP contribution in [0.3, 0.4) is 0 Å². The van der Waals surface area contributed by atoms with Crippen LogP contribution in [0.4, 0.5) is 0 Å². The van der Waals surface area contributed by atoms with Gasteiger partial charge in [0.25, 0.3) is 0 Å². The van der Waals surface area contributed by atoms with Crippen molar-refractivity contribution in [1.29, 1.82) is 0 Å². The van der Waals surface area contributed by atoms with E-state index >= 15 is 0 Å². The number of benzene rings is 1. The SMILES string of the molecule is CCC(CCl)Cc1cc(Cl)ccc1OC. The average molecular weight is 247 g/mol. The van der Waals surface area contributed by atoms with Crippen molar-refractivity contribution in [1.82, 2.24) is 0 Å². The summed E-state index contributed by atoms with van der Waals surface area (Å²) in [7, 11) is 1.67. The van der Waals surface area contributed by atoms with Crippen molar-refractivity contribution in [2.45, 2.75) is 19.8 Å². The van der Waals surface area contributed by atoms with Gasteiger partial charge in [-0.3, -0.25) is 0 Å². The zero-order valence-electron chi connectivity index (χ0n) is 9.09. The summed E-state index contributed by atoms with van der Waals surface area (Å²) in [5.74, 6) is 2.05. The van der Waals surface area contributed by atoms with Crippen LogP contribution in [-0.4, -0.2) is 13.0 Å². The summed E-state index contributed by atoms with van der Waals surface area (Å²) in [4.78, 5) is 0. The molecule has 1 atom stereocenters. The van der Waals surface area contributed by atoms with Crippen molar-refractivity contribution in [3.63, 3.8) is 0 Å². The molecule has 0 heterocycles. The van der Waals surface area contributed by atoms with Crippen LogP contribution < -0.4 is 4.74 Å². The highest BCUT2D eigenvalue weighted by atomic mass is 35.5. The average Bonchev–Trinajstić information content (AvgIpc) is 2.26. The third-order valence-corrected chi connectivity index (χ3v) is 3.22. The van der Waals surface area contributed by atoms with E-state index in [2.05, 4.69) is 6.92 Å². The smallest absolute Gasteiger partial charge is 0.122 e. The van der Waals surface area contributed by atoms with Crippen LogP contribution >= 0.6 is 23.2 Å². The second-order valence-electron chi connectivity index (χ2n) is 3.59. The zero-order chi connectivity index (χ0) is 11.3. The molecule has 0 aliphatic rings. The van der Waals surface area contributed by atoms with Crippen LogP contribution in [0.25, 0.3) is 0 Å². The van der Waals surface area contributed by atoms with E-state index in [-0.39, 0.29) is 0 Å². The molecule has 0 aliphatic carbocycles. The van der Waals surface area contributed by atoms with Gasteiger partial charge < -0.3 is 4.74 Å². The van der Waals surface area contributed by atoms with E-state index in [4.69, 9.17) is 27.9 Å². The summed E-state index contributed by atoms with van der Waals surface area (Å²) < 4.78 is 5.29. The lowest BCUT2D eigenvalue weighted by Crippen LogP contribution is -2.06. The zero-order valence-corrected chi connectivity index (χ0v) is 10.6. The molecule has 1 unspecified atom stereocenters. The summed E-state index contributed by atoms with van der Waals surface area (Å²) in [6.45, 7) is 2.14. The molecule has 15 heavy (non-hydrogen) atoms. The first-order valence-electron chi connectivity index (χ1n) is 5.09. The van der Waals surface area contributed by atoms with Crippen LogP contribution in [0.1, 0.15) is 18.9 Å². The highest BCUT2D eigenvalue weighted by molar-refractivity contribution is 6.30. The molecule has 0 aromatic heterocycles. The molecule has 0 saturated heterocycles. The molecular weight excluding hydrogens is 231 g/mol. The van der Waals surface area contributed by atoms with Crippen LogP contribution in [0, 0.1) is 5.92 Å². The first-order chi connectivity index (χ1) is 7.21. The Morgan fingerprint density at radius 2 is 2.13 bits per heavy atom. The minimum atomic E-state index is 0.485. The molecule has 0 fully saturated rings. The maximum absolute atomic E-state index is 5.96. The summed E-state index contributed by atoms with van der Waals surface area (Å²) in [6.07, 6.45) is 1.99. The Bertz CT molecular complexity index is 308. The minimum absolute atomic E-state index is 0.485. The fourth-order valence-electron chi connectivity index (χ4n) is 1.53. The van der Waals surface area contributed by atoms with E-state index in [0.717, 1.165) is 29.2 Å². The van der Waals surface area contributed by atoms with Gasteiger partial charge in [0, 0.05) is 10.9 Å². The van der Waals surface area contributed by atoms with Crippen LogP contribution in [-0.2, 0) is 6.42 Å². The molecule has 0 radical (unpaired) electrons. The third kappa shape index (κ3) is 3.58. The van der Waals surface area contributed by atoms with E-state index in [9.17, 15) is 0 Å². The van der Waals surface area contributed by atoms with Gasteiger partial charge in [0.15, 0.2) is 0 Å². The summed E-state index contributed by atoms with van der Waals surface area (Å²) in [6, 6.07) is 5.69. The minimum Gasteiger partial charge on any atom is -0.496 e. The van der Waals surface area contributed by atoms with Gasteiger partial charge in [0.05, 0.1) is 7.11 Å². The lowest BCUT2D eigenvalue weighted by molar-refractivity contribution is 0.405. The molecule has 1 nitrogen and oxygen atoms in total. The Kier molecular flexibility index (Phi) is 5.27. The molecule has 3 heteroatoms. The topological polar surface area (TPSA) is 9.23 Å². The molecule has 0 aliphatic heterocycles. The van der Waals surface area contributed by atoms with E-state index in [1.807, 2.05) is 18.2 Å². The number of halogens is 2. The monoisotopic (exact) mass is 246 g/mol. The highest BCUT2D eigenvalue weighted by Gasteiger charge is 2.10. The number of rotatable bonds is 5. The first-order valence-corrected chi connectivity index (χ1v) is 6.00. The molecule has 84 valence electrons. The van der Waals surface area contributed by atoms with Crippen molar-refractivity contribution < 1.29 is 4.74 Å². The van der Waals surface area contributed by atoms with Gasteiger partial charge in [0.1, 0.15) is 5.75 Å². The second-order valence-corrected chi connectivity index (χ2v) is 4.33. The Morgan fingerprint density at radius 1 is 1.40 bits per heavy atom. The van der Waals surface area contributed by atoms with E-state index in [0.29, 0.717) is 11.8 Å². The van der Waals surface area contributed by atoms with Crippen LogP contribution in [0.2, 0.25) is 5.02 Å². The van der Waals surface area contributed by atoms with E-state index in [1.54, 1.807) is 7.11 Å². The Labute approximate surface area is 101 Å². The number of hydrogen-bond acceptors (Lipinski definition) is 1. The summed E-state index contributed by atoms with van der Waals surface area (Å²) >= 11 is 11.8. The molecule has 0 N–H and O–H groups in total.